The van der Waals surface area contributed by atoms with E-state index in [0.717, 1.165) is 13.0 Å². The normalized spacial score (nSPS) is 11.8. The van der Waals surface area contributed by atoms with Crippen LogP contribution in [0.2, 0.25) is 0 Å². The first-order valence-corrected chi connectivity index (χ1v) is 7.43. The van der Waals surface area contributed by atoms with Crippen molar-refractivity contribution in [2.24, 2.45) is 0 Å². The summed E-state index contributed by atoms with van der Waals surface area (Å²) in [5.74, 6) is -0.260. The summed E-state index contributed by atoms with van der Waals surface area (Å²) in [5.41, 5.74) is 0.678. The first-order chi connectivity index (χ1) is 11.1. The molecule has 7 heteroatoms. The van der Waals surface area contributed by atoms with Crippen LogP contribution in [0.1, 0.15) is 24.9 Å². The van der Waals surface area contributed by atoms with Crippen molar-refractivity contribution in [3.63, 3.8) is 0 Å². The average Bonchev–Trinajstić information content (AvgIpc) is 3.04. The van der Waals surface area contributed by atoms with Crippen molar-refractivity contribution in [3.05, 3.63) is 48.3 Å². The first kappa shape index (κ1) is 16.8. The largest absolute Gasteiger partial charge is 0.494 e. The number of aryl methyl sites for hydroxylation is 1. The fourth-order valence-corrected chi connectivity index (χ4v) is 2.17. The number of halogens is 1. The van der Waals surface area contributed by atoms with Gasteiger partial charge in [-0.2, -0.15) is 0 Å². The maximum Gasteiger partial charge on any atom is 0.315 e. The van der Waals surface area contributed by atoms with Crippen molar-refractivity contribution in [1.29, 1.82) is 0 Å². The van der Waals surface area contributed by atoms with Crippen molar-refractivity contribution in [2.75, 3.05) is 13.7 Å². The van der Waals surface area contributed by atoms with Gasteiger partial charge >= 0.3 is 6.03 Å². The zero-order valence-corrected chi connectivity index (χ0v) is 13.3. The summed E-state index contributed by atoms with van der Waals surface area (Å²) in [6, 6.07) is 4.06. The smallest absolute Gasteiger partial charge is 0.315 e. The molecule has 0 spiro atoms. The van der Waals surface area contributed by atoms with Gasteiger partial charge in [0.1, 0.15) is 0 Å². The number of benzene rings is 1. The van der Waals surface area contributed by atoms with E-state index in [4.69, 9.17) is 4.74 Å². The summed E-state index contributed by atoms with van der Waals surface area (Å²) in [6.07, 6.45) is 6.13. The van der Waals surface area contributed by atoms with Crippen molar-refractivity contribution in [3.8, 4) is 5.75 Å². The molecule has 2 amide bonds. The molecular formula is C16H21FN4O2. The third-order valence-corrected chi connectivity index (χ3v) is 3.46. The molecule has 0 fully saturated rings. The van der Waals surface area contributed by atoms with Crippen LogP contribution in [0.25, 0.3) is 0 Å². The predicted octanol–water partition coefficient (Wildman–Crippen LogP) is 2.48. The summed E-state index contributed by atoms with van der Waals surface area (Å²) >= 11 is 0. The zero-order chi connectivity index (χ0) is 16.7. The molecule has 0 unspecified atom stereocenters. The Morgan fingerprint density at radius 1 is 1.48 bits per heavy atom. The molecule has 6 nitrogen and oxygen atoms in total. The van der Waals surface area contributed by atoms with Gasteiger partial charge in [-0.05, 0) is 31.0 Å². The quantitative estimate of drug-likeness (QED) is 0.770. The number of aromatic nitrogens is 2. The molecule has 124 valence electrons. The van der Waals surface area contributed by atoms with E-state index in [-0.39, 0.29) is 17.8 Å². The summed E-state index contributed by atoms with van der Waals surface area (Å²) in [7, 11) is 1.41. The number of rotatable bonds is 7. The molecule has 1 atom stereocenters. The molecule has 0 saturated heterocycles. The van der Waals surface area contributed by atoms with Gasteiger partial charge in [-0.15, -0.1) is 0 Å². The third kappa shape index (κ3) is 4.98. The molecule has 1 heterocycles. The van der Waals surface area contributed by atoms with Crippen LogP contribution in [0.3, 0.4) is 0 Å². The average molecular weight is 320 g/mol. The van der Waals surface area contributed by atoms with Crippen molar-refractivity contribution in [1.82, 2.24) is 20.2 Å². The second kappa shape index (κ2) is 8.17. The minimum Gasteiger partial charge on any atom is -0.494 e. The molecule has 0 radical (unpaired) electrons. The van der Waals surface area contributed by atoms with Crippen molar-refractivity contribution < 1.29 is 13.9 Å². The number of nitrogens with zero attached hydrogens (tertiary/aromatic N) is 2. The van der Waals surface area contributed by atoms with Crippen molar-refractivity contribution >= 4 is 6.03 Å². The highest BCUT2D eigenvalue weighted by atomic mass is 19.1. The Bertz CT molecular complexity index is 631. The summed E-state index contributed by atoms with van der Waals surface area (Å²) < 4.78 is 20.5. The van der Waals surface area contributed by atoms with E-state index in [0.29, 0.717) is 12.1 Å². The number of imidazole rings is 1. The zero-order valence-electron chi connectivity index (χ0n) is 13.3. The van der Waals surface area contributed by atoms with E-state index < -0.39 is 5.82 Å². The van der Waals surface area contributed by atoms with Gasteiger partial charge in [0.05, 0.1) is 19.5 Å². The molecule has 1 aromatic carbocycles. The maximum atomic E-state index is 13.7. The standard InChI is InChI=1S/C16H21FN4O2/c1-12(13-4-5-15(23-2)14(17)10-13)20-16(22)19-6-3-8-21-9-7-18-11-21/h4-5,7,9-12H,3,6,8H2,1-2H3,(H2,19,20,22)/t12-/m1/s1. The fourth-order valence-electron chi connectivity index (χ4n) is 2.17. The molecule has 2 N–H and O–H groups in total. The molecule has 23 heavy (non-hydrogen) atoms. The molecule has 0 aliphatic heterocycles. The number of methoxy groups -OCH3 is 1. The maximum absolute atomic E-state index is 13.7. The molecule has 2 rings (SSSR count). The number of carbonyl (C=O) groups is 1. The van der Waals surface area contributed by atoms with Gasteiger partial charge < -0.3 is 19.9 Å². The minimum atomic E-state index is -0.445. The third-order valence-electron chi connectivity index (χ3n) is 3.46. The highest BCUT2D eigenvalue weighted by Crippen LogP contribution is 2.21. The number of amides is 2. The monoisotopic (exact) mass is 320 g/mol. The molecule has 0 aliphatic carbocycles. The van der Waals surface area contributed by atoms with Crippen LogP contribution in [0, 0.1) is 5.82 Å². The highest BCUT2D eigenvalue weighted by molar-refractivity contribution is 5.74. The van der Waals surface area contributed by atoms with Crippen LogP contribution >= 0.6 is 0 Å². The van der Waals surface area contributed by atoms with Crippen molar-refractivity contribution in [2.45, 2.75) is 25.9 Å². The predicted molar refractivity (Wildman–Crippen MR) is 84.7 cm³/mol. The van der Waals surface area contributed by atoms with E-state index in [1.165, 1.54) is 13.2 Å². The van der Waals surface area contributed by atoms with Gasteiger partial charge in [0.15, 0.2) is 11.6 Å². The molecule has 1 aromatic heterocycles. The van der Waals surface area contributed by atoms with Gasteiger partial charge in [0.25, 0.3) is 0 Å². The molecule has 0 saturated carbocycles. The second-order valence-corrected chi connectivity index (χ2v) is 5.17. The van der Waals surface area contributed by atoms with Gasteiger partial charge in [0.2, 0.25) is 0 Å². The summed E-state index contributed by atoms with van der Waals surface area (Å²) in [4.78, 5) is 15.8. The fraction of sp³-hybridized carbons (Fsp3) is 0.375. The Morgan fingerprint density at radius 2 is 2.30 bits per heavy atom. The van der Waals surface area contributed by atoms with E-state index in [9.17, 15) is 9.18 Å². The SMILES string of the molecule is COc1ccc([C@@H](C)NC(=O)NCCCn2ccnc2)cc1F. The summed E-state index contributed by atoms with van der Waals surface area (Å²) in [5, 5.41) is 5.56. The number of nitrogens with one attached hydrogen (secondary N) is 2. The topological polar surface area (TPSA) is 68.2 Å². The molecule has 0 aliphatic rings. The van der Waals surface area contributed by atoms with Gasteiger partial charge in [-0.1, -0.05) is 6.07 Å². The lowest BCUT2D eigenvalue weighted by Crippen LogP contribution is -2.37. The minimum absolute atomic E-state index is 0.185. The lowest BCUT2D eigenvalue weighted by atomic mass is 10.1. The van der Waals surface area contributed by atoms with E-state index in [2.05, 4.69) is 15.6 Å². The van der Waals surface area contributed by atoms with Crippen LogP contribution < -0.4 is 15.4 Å². The Kier molecular flexibility index (Phi) is 5.96. The van der Waals surface area contributed by atoms with E-state index >= 15 is 0 Å². The number of carbonyl (C=O) groups excluding carboxylic acids is 1. The number of hydrogen-bond donors (Lipinski definition) is 2. The number of hydrogen-bond acceptors (Lipinski definition) is 3. The Morgan fingerprint density at radius 3 is 2.96 bits per heavy atom. The molecular weight excluding hydrogens is 299 g/mol. The Labute approximate surface area is 134 Å². The summed E-state index contributed by atoms with van der Waals surface area (Å²) in [6.45, 7) is 3.14. The van der Waals surface area contributed by atoms with E-state index in [1.54, 1.807) is 31.6 Å². The van der Waals surface area contributed by atoms with Crippen LogP contribution in [0.5, 0.6) is 5.75 Å². The van der Waals surface area contributed by atoms with E-state index in [1.807, 2.05) is 10.8 Å². The first-order valence-electron chi connectivity index (χ1n) is 7.43. The Hall–Kier alpha value is -2.57. The number of urea groups is 1. The molecule has 2 aromatic rings. The van der Waals surface area contributed by atoms with Crippen LogP contribution in [0.15, 0.2) is 36.9 Å². The van der Waals surface area contributed by atoms with Gasteiger partial charge in [-0.3, -0.25) is 0 Å². The van der Waals surface area contributed by atoms with Crippen LogP contribution in [0.4, 0.5) is 9.18 Å². The van der Waals surface area contributed by atoms with Crippen LogP contribution in [-0.2, 0) is 6.54 Å². The highest BCUT2D eigenvalue weighted by Gasteiger charge is 2.11. The lowest BCUT2D eigenvalue weighted by molar-refractivity contribution is 0.237. The second-order valence-electron chi connectivity index (χ2n) is 5.17. The van der Waals surface area contributed by atoms with Crippen LogP contribution in [-0.4, -0.2) is 29.2 Å². The Balaban J connectivity index is 1.74. The van der Waals surface area contributed by atoms with Gasteiger partial charge in [-0.25, -0.2) is 14.2 Å². The molecule has 0 bridgehead atoms. The van der Waals surface area contributed by atoms with Gasteiger partial charge in [0, 0.05) is 25.5 Å². The lowest BCUT2D eigenvalue weighted by Gasteiger charge is -2.16. The number of ether oxygens (including phenoxy) is 1.